The number of hydrogen-bond donors (Lipinski definition) is 0. The number of hydrogen-bond acceptors (Lipinski definition) is 3. The number of para-hydroxylation sites is 1. The number of rotatable bonds is 3. The van der Waals surface area contributed by atoms with Crippen LogP contribution in [0.2, 0.25) is 5.02 Å². The van der Waals surface area contributed by atoms with Gasteiger partial charge in [-0.2, -0.15) is 0 Å². The van der Waals surface area contributed by atoms with Gasteiger partial charge in [0.15, 0.2) is 0 Å². The van der Waals surface area contributed by atoms with E-state index in [9.17, 15) is 4.79 Å². The second-order valence-electron chi connectivity index (χ2n) is 2.69. The van der Waals surface area contributed by atoms with Gasteiger partial charge in [0, 0.05) is 5.56 Å². The molecule has 0 aliphatic rings. The first-order chi connectivity index (χ1) is 6.69. The third kappa shape index (κ3) is 2.39. The van der Waals surface area contributed by atoms with Crippen molar-refractivity contribution in [2.75, 3.05) is 14.2 Å². The average molecular weight is 215 g/mol. The summed E-state index contributed by atoms with van der Waals surface area (Å²) >= 11 is 5.88. The standard InChI is InChI=1S/C10H11ClO3/c1-13-9(12)6-7-4-3-5-8(11)10(7)14-2/h3-5H,6H2,1-2H3. The number of ether oxygens (including phenoxy) is 2. The quantitative estimate of drug-likeness (QED) is 0.723. The van der Waals surface area contributed by atoms with Crippen LogP contribution in [0, 0.1) is 0 Å². The zero-order valence-electron chi connectivity index (χ0n) is 8.04. The van der Waals surface area contributed by atoms with Crippen LogP contribution in [-0.4, -0.2) is 20.2 Å². The fourth-order valence-corrected chi connectivity index (χ4v) is 1.42. The Bertz CT molecular complexity index is 336. The SMILES string of the molecule is COC(=O)Cc1cccc(Cl)c1OC. The summed E-state index contributed by atoms with van der Waals surface area (Å²) in [5.41, 5.74) is 0.729. The first kappa shape index (κ1) is 10.9. The summed E-state index contributed by atoms with van der Waals surface area (Å²) in [4.78, 5) is 11.0. The Morgan fingerprint density at radius 1 is 1.43 bits per heavy atom. The maximum atomic E-state index is 11.0. The molecule has 0 radical (unpaired) electrons. The molecule has 0 amide bonds. The Hall–Kier alpha value is -1.22. The highest BCUT2D eigenvalue weighted by Gasteiger charge is 2.10. The molecule has 3 nitrogen and oxygen atoms in total. The zero-order chi connectivity index (χ0) is 10.6. The number of methoxy groups -OCH3 is 2. The summed E-state index contributed by atoms with van der Waals surface area (Å²) in [6.07, 6.45) is 0.167. The van der Waals surface area contributed by atoms with E-state index in [4.69, 9.17) is 16.3 Å². The molecular formula is C10H11ClO3. The van der Waals surface area contributed by atoms with Gasteiger partial charge >= 0.3 is 5.97 Å². The summed E-state index contributed by atoms with van der Waals surface area (Å²) in [6, 6.07) is 5.26. The van der Waals surface area contributed by atoms with Crippen LogP contribution in [0.5, 0.6) is 5.75 Å². The van der Waals surface area contributed by atoms with Crippen molar-refractivity contribution in [3.63, 3.8) is 0 Å². The van der Waals surface area contributed by atoms with Crippen molar-refractivity contribution in [3.05, 3.63) is 28.8 Å². The van der Waals surface area contributed by atoms with E-state index in [-0.39, 0.29) is 12.4 Å². The molecule has 0 aliphatic carbocycles. The molecule has 0 heterocycles. The van der Waals surface area contributed by atoms with Gasteiger partial charge in [0.25, 0.3) is 0 Å². The number of carbonyl (C=O) groups is 1. The van der Waals surface area contributed by atoms with Crippen LogP contribution in [0.1, 0.15) is 5.56 Å². The number of benzene rings is 1. The van der Waals surface area contributed by atoms with Crippen LogP contribution in [0.15, 0.2) is 18.2 Å². The Labute approximate surface area is 87.6 Å². The zero-order valence-corrected chi connectivity index (χ0v) is 8.80. The predicted octanol–water partition coefficient (Wildman–Crippen LogP) is 2.06. The minimum absolute atomic E-state index is 0.167. The van der Waals surface area contributed by atoms with E-state index < -0.39 is 0 Å². The summed E-state index contributed by atoms with van der Waals surface area (Å²) < 4.78 is 9.64. The molecule has 1 aromatic rings. The topological polar surface area (TPSA) is 35.5 Å². The largest absolute Gasteiger partial charge is 0.495 e. The summed E-state index contributed by atoms with van der Waals surface area (Å²) in [5.74, 6) is 0.213. The summed E-state index contributed by atoms with van der Waals surface area (Å²) in [6.45, 7) is 0. The molecule has 1 rings (SSSR count). The van der Waals surface area contributed by atoms with Gasteiger partial charge in [-0.15, -0.1) is 0 Å². The molecule has 0 bridgehead atoms. The molecule has 0 aliphatic heterocycles. The average Bonchev–Trinajstić information content (AvgIpc) is 2.18. The number of carbonyl (C=O) groups excluding carboxylic acids is 1. The molecule has 1 aromatic carbocycles. The molecule has 0 N–H and O–H groups in total. The molecule has 0 saturated carbocycles. The van der Waals surface area contributed by atoms with E-state index in [1.807, 2.05) is 0 Å². The lowest BCUT2D eigenvalue weighted by atomic mass is 10.1. The van der Waals surface area contributed by atoms with Crippen molar-refractivity contribution in [3.8, 4) is 5.75 Å². The van der Waals surface area contributed by atoms with Crippen molar-refractivity contribution in [2.45, 2.75) is 6.42 Å². The Balaban J connectivity index is 2.96. The highest BCUT2D eigenvalue weighted by Crippen LogP contribution is 2.28. The van der Waals surface area contributed by atoms with E-state index in [1.165, 1.54) is 14.2 Å². The normalized spacial score (nSPS) is 9.64. The molecule has 0 spiro atoms. The van der Waals surface area contributed by atoms with Gasteiger partial charge in [-0.25, -0.2) is 0 Å². The monoisotopic (exact) mass is 214 g/mol. The van der Waals surface area contributed by atoms with Gasteiger partial charge in [0.05, 0.1) is 25.7 Å². The second-order valence-corrected chi connectivity index (χ2v) is 3.09. The third-order valence-electron chi connectivity index (χ3n) is 1.82. The van der Waals surface area contributed by atoms with Gasteiger partial charge in [0.2, 0.25) is 0 Å². The van der Waals surface area contributed by atoms with Crippen molar-refractivity contribution in [1.82, 2.24) is 0 Å². The highest BCUT2D eigenvalue weighted by atomic mass is 35.5. The molecule has 0 atom stereocenters. The number of halogens is 1. The molecule has 4 heteroatoms. The van der Waals surface area contributed by atoms with Crippen LogP contribution in [0.4, 0.5) is 0 Å². The molecular weight excluding hydrogens is 204 g/mol. The van der Waals surface area contributed by atoms with Crippen LogP contribution in [0.3, 0.4) is 0 Å². The molecule has 76 valence electrons. The molecule has 0 unspecified atom stereocenters. The van der Waals surface area contributed by atoms with Crippen LogP contribution in [0.25, 0.3) is 0 Å². The van der Waals surface area contributed by atoms with Gasteiger partial charge in [-0.3, -0.25) is 4.79 Å². The Morgan fingerprint density at radius 2 is 2.14 bits per heavy atom. The maximum absolute atomic E-state index is 11.0. The van der Waals surface area contributed by atoms with Gasteiger partial charge in [-0.1, -0.05) is 23.7 Å². The minimum atomic E-state index is -0.314. The summed E-state index contributed by atoms with van der Waals surface area (Å²) in [7, 11) is 2.86. The lowest BCUT2D eigenvalue weighted by Gasteiger charge is -2.08. The van der Waals surface area contributed by atoms with Crippen LogP contribution < -0.4 is 4.74 Å². The van der Waals surface area contributed by atoms with E-state index >= 15 is 0 Å². The van der Waals surface area contributed by atoms with Crippen molar-refractivity contribution in [2.24, 2.45) is 0 Å². The smallest absolute Gasteiger partial charge is 0.310 e. The molecule has 14 heavy (non-hydrogen) atoms. The molecule has 0 aromatic heterocycles. The van der Waals surface area contributed by atoms with E-state index in [2.05, 4.69) is 4.74 Å². The number of esters is 1. The van der Waals surface area contributed by atoms with E-state index in [0.29, 0.717) is 10.8 Å². The van der Waals surface area contributed by atoms with Crippen LogP contribution in [-0.2, 0) is 16.0 Å². The van der Waals surface area contributed by atoms with Gasteiger partial charge in [0.1, 0.15) is 5.75 Å². The first-order valence-electron chi connectivity index (χ1n) is 4.07. The predicted molar refractivity (Wildman–Crippen MR) is 53.7 cm³/mol. The third-order valence-corrected chi connectivity index (χ3v) is 2.11. The fourth-order valence-electron chi connectivity index (χ4n) is 1.15. The van der Waals surface area contributed by atoms with Crippen LogP contribution >= 0.6 is 11.6 Å². The van der Waals surface area contributed by atoms with Crippen molar-refractivity contribution >= 4 is 17.6 Å². The minimum Gasteiger partial charge on any atom is -0.495 e. The lowest BCUT2D eigenvalue weighted by Crippen LogP contribution is -2.05. The van der Waals surface area contributed by atoms with Crippen molar-refractivity contribution < 1.29 is 14.3 Å². The molecule has 0 fully saturated rings. The van der Waals surface area contributed by atoms with E-state index in [0.717, 1.165) is 5.56 Å². The van der Waals surface area contributed by atoms with Crippen molar-refractivity contribution in [1.29, 1.82) is 0 Å². The molecule has 0 saturated heterocycles. The lowest BCUT2D eigenvalue weighted by molar-refractivity contribution is -0.139. The second kappa shape index (κ2) is 4.86. The summed E-state index contributed by atoms with van der Waals surface area (Å²) in [5, 5.41) is 0.494. The van der Waals surface area contributed by atoms with E-state index in [1.54, 1.807) is 18.2 Å². The fraction of sp³-hybridized carbons (Fsp3) is 0.300. The highest BCUT2D eigenvalue weighted by molar-refractivity contribution is 6.32. The van der Waals surface area contributed by atoms with Gasteiger partial charge in [-0.05, 0) is 6.07 Å². The van der Waals surface area contributed by atoms with Gasteiger partial charge < -0.3 is 9.47 Å². The Morgan fingerprint density at radius 3 is 2.71 bits per heavy atom. The first-order valence-corrected chi connectivity index (χ1v) is 4.45. The Kier molecular flexibility index (Phi) is 3.77. The maximum Gasteiger partial charge on any atom is 0.310 e.